The number of Topliss-reactive ketones (excluding diaryl/α,β-unsaturated/α-hetero) is 1. The van der Waals surface area contributed by atoms with Crippen LogP contribution in [0.1, 0.15) is 43.1 Å². The third-order valence-corrected chi connectivity index (χ3v) is 13.2. The van der Waals surface area contributed by atoms with E-state index in [1.165, 1.54) is 43.6 Å². The molecule has 9 aromatic rings. The first kappa shape index (κ1) is 33.7. The molecule has 1 atom stereocenters. The number of benzene rings is 6. The molecule has 0 spiro atoms. The van der Waals surface area contributed by atoms with Crippen LogP contribution in [0.15, 0.2) is 138 Å². The summed E-state index contributed by atoms with van der Waals surface area (Å²) in [4.78, 5) is 31.8. The lowest BCUT2D eigenvalue weighted by molar-refractivity contribution is 0.0850. The number of allylic oxidation sites excluding steroid dienone is 4. The number of hydrogen-bond donors (Lipinski definition) is 0. The number of pyridine rings is 1. The molecule has 1 aliphatic carbocycles. The molecule has 0 saturated carbocycles. The summed E-state index contributed by atoms with van der Waals surface area (Å²) in [6.45, 7) is 8.22. The minimum atomic E-state index is -0.778. The van der Waals surface area contributed by atoms with E-state index < -0.39 is 5.41 Å². The summed E-state index contributed by atoms with van der Waals surface area (Å²) in [5.41, 5.74) is 12.2. The van der Waals surface area contributed by atoms with Gasteiger partial charge in [0.05, 0.1) is 22.1 Å². The van der Waals surface area contributed by atoms with Crippen molar-refractivity contribution in [3.8, 4) is 11.1 Å². The highest BCUT2D eigenvalue weighted by atomic mass is 16.1. The zero-order valence-electron chi connectivity index (χ0n) is 32.9. The molecule has 6 heteroatoms. The monoisotopic (exact) mass is 742 g/mol. The number of aryl methyl sites for hydroxylation is 3. The quantitative estimate of drug-likeness (QED) is 0.169. The molecule has 6 aromatic carbocycles. The second kappa shape index (κ2) is 11.9. The van der Waals surface area contributed by atoms with Gasteiger partial charge in [-0.1, -0.05) is 72.8 Å². The summed E-state index contributed by atoms with van der Waals surface area (Å²) in [7, 11) is 4.08. The fourth-order valence-corrected chi connectivity index (χ4v) is 10.5. The van der Waals surface area contributed by atoms with Crippen molar-refractivity contribution in [3.63, 3.8) is 0 Å². The lowest BCUT2D eigenvalue weighted by atomic mass is 9.68. The van der Waals surface area contributed by atoms with Gasteiger partial charge >= 0.3 is 0 Å². The standard InChI is InChI=1S/C51H42N4O2/c1-6-54-41-19-10-8-14-34(41)37-26-30(21-23-43(37)54)32-16-12-17-36-47(32)52(4)45-29-40-46(28-39(45)48(36)56)53(5)49-33(18-13-25-51(49,3)50(40)57)31-22-24-44-38(27-31)35-15-9-11-20-42(35)55(44)7-2/h8-24,26-29H,6-7,25H2,1-5H3. The molecular formula is C51H42N4O2. The lowest BCUT2D eigenvalue weighted by Gasteiger charge is -2.44. The minimum Gasteiger partial charge on any atom is -0.346 e. The molecular weight excluding hydrogens is 701 g/mol. The third kappa shape index (κ3) is 4.41. The topological polar surface area (TPSA) is 52.2 Å². The number of aromatic nitrogens is 3. The third-order valence-electron chi connectivity index (χ3n) is 13.2. The molecule has 1 unspecified atom stereocenters. The number of ketones is 1. The Morgan fingerprint density at radius 3 is 1.84 bits per heavy atom. The van der Waals surface area contributed by atoms with E-state index >= 15 is 0 Å². The van der Waals surface area contributed by atoms with Crippen LogP contribution >= 0.6 is 0 Å². The highest BCUT2D eigenvalue weighted by Gasteiger charge is 2.47. The van der Waals surface area contributed by atoms with Gasteiger partial charge < -0.3 is 18.6 Å². The summed E-state index contributed by atoms with van der Waals surface area (Å²) in [6, 6.07) is 40.5. The van der Waals surface area contributed by atoms with E-state index in [0.29, 0.717) is 22.8 Å². The van der Waals surface area contributed by atoms with Crippen molar-refractivity contribution in [1.29, 1.82) is 0 Å². The number of nitrogens with zero attached hydrogens (tertiary/aromatic N) is 4. The van der Waals surface area contributed by atoms with E-state index in [2.05, 4.69) is 150 Å². The van der Waals surface area contributed by atoms with Crippen molar-refractivity contribution in [1.82, 2.24) is 13.7 Å². The van der Waals surface area contributed by atoms with Gasteiger partial charge in [-0.15, -0.1) is 0 Å². The summed E-state index contributed by atoms with van der Waals surface area (Å²) < 4.78 is 6.84. The van der Waals surface area contributed by atoms with Crippen molar-refractivity contribution in [3.05, 3.63) is 154 Å². The fraction of sp³-hybridized carbons (Fsp3) is 0.176. The number of fused-ring (bicyclic) bond motifs is 10. The van der Waals surface area contributed by atoms with Crippen molar-refractivity contribution < 1.29 is 4.79 Å². The molecule has 11 rings (SSSR count). The Balaban J connectivity index is 1.10. The molecule has 6 nitrogen and oxygen atoms in total. The van der Waals surface area contributed by atoms with Crippen molar-refractivity contribution in [2.75, 3.05) is 11.9 Å². The summed E-state index contributed by atoms with van der Waals surface area (Å²) in [5, 5.41) is 6.11. The number of carbonyl (C=O) groups is 1. The second-order valence-corrected chi connectivity index (χ2v) is 16.1. The van der Waals surface area contributed by atoms with Crippen LogP contribution in [-0.2, 0) is 20.1 Å². The Morgan fingerprint density at radius 2 is 1.18 bits per heavy atom. The Kier molecular flexibility index (Phi) is 7.04. The maximum absolute atomic E-state index is 15.0. The molecule has 0 amide bonds. The number of para-hydroxylation sites is 3. The average Bonchev–Trinajstić information content (AvgIpc) is 3.75. The van der Waals surface area contributed by atoms with E-state index in [0.717, 1.165) is 57.8 Å². The average molecular weight is 743 g/mol. The zero-order chi connectivity index (χ0) is 38.9. The van der Waals surface area contributed by atoms with Crippen molar-refractivity contribution in [2.45, 2.75) is 40.3 Å². The van der Waals surface area contributed by atoms with Crippen molar-refractivity contribution in [2.24, 2.45) is 12.5 Å². The molecule has 57 heavy (non-hydrogen) atoms. The first-order valence-electron chi connectivity index (χ1n) is 20.1. The van der Waals surface area contributed by atoms with E-state index in [1.54, 1.807) is 0 Å². The molecule has 0 N–H and O–H groups in total. The molecule has 0 fully saturated rings. The van der Waals surface area contributed by atoms with Crippen LogP contribution in [-0.4, -0.2) is 26.5 Å². The first-order chi connectivity index (χ1) is 27.7. The maximum Gasteiger partial charge on any atom is 0.197 e. The Labute approximate surface area is 330 Å². The Bertz CT molecular complexity index is 3390. The van der Waals surface area contributed by atoms with Crippen LogP contribution < -0.4 is 10.3 Å². The highest BCUT2D eigenvalue weighted by molar-refractivity contribution is 6.16. The Morgan fingerprint density at radius 1 is 0.579 bits per heavy atom. The summed E-state index contributed by atoms with van der Waals surface area (Å²) >= 11 is 0. The zero-order valence-corrected chi connectivity index (χ0v) is 32.9. The molecule has 0 radical (unpaired) electrons. The number of carbonyl (C=O) groups excluding carboxylic acids is 1. The molecule has 0 bridgehead atoms. The molecule has 0 saturated heterocycles. The molecule has 3 aromatic heterocycles. The SMILES string of the molecule is CCn1c2ccccc2c2cc(C3=C4N(C)c5cc6c(=O)c7cccc(-c8ccc9c(c8)c8ccccc8n9CC)c7n(C)c6cc5C(=O)C4(C)CC=C3)ccc21. The van der Waals surface area contributed by atoms with Crippen LogP contribution in [0.2, 0.25) is 0 Å². The molecule has 4 heterocycles. The molecule has 1 aliphatic heterocycles. The number of hydrogen-bond acceptors (Lipinski definition) is 3. The molecule has 278 valence electrons. The normalized spacial score (nSPS) is 16.9. The predicted octanol–water partition coefficient (Wildman–Crippen LogP) is 11.6. The van der Waals surface area contributed by atoms with Crippen LogP contribution in [0.4, 0.5) is 5.69 Å². The van der Waals surface area contributed by atoms with E-state index in [1.807, 2.05) is 31.3 Å². The lowest BCUT2D eigenvalue weighted by Crippen LogP contribution is -2.44. The summed E-state index contributed by atoms with van der Waals surface area (Å²) in [5.74, 6) is 0.0802. The van der Waals surface area contributed by atoms with Gasteiger partial charge in [0.15, 0.2) is 11.2 Å². The maximum atomic E-state index is 15.0. The van der Waals surface area contributed by atoms with Crippen LogP contribution in [0.3, 0.4) is 0 Å². The van der Waals surface area contributed by atoms with Gasteiger partial charge in [0.2, 0.25) is 0 Å². The summed E-state index contributed by atoms with van der Waals surface area (Å²) in [6.07, 6.45) is 4.93. The smallest absolute Gasteiger partial charge is 0.197 e. The van der Waals surface area contributed by atoms with E-state index in [9.17, 15) is 9.59 Å². The van der Waals surface area contributed by atoms with Crippen LogP contribution in [0, 0.1) is 5.41 Å². The van der Waals surface area contributed by atoms with Gasteiger partial charge in [0.25, 0.3) is 0 Å². The Hall–Kier alpha value is -6.66. The second-order valence-electron chi connectivity index (χ2n) is 16.1. The van der Waals surface area contributed by atoms with Crippen molar-refractivity contribution >= 4 is 82.5 Å². The van der Waals surface area contributed by atoms with Gasteiger partial charge in [0.1, 0.15) is 0 Å². The van der Waals surface area contributed by atoms with E-state index in [-0.39, 0.29) is 11.2 Å². The van der Waals surface area contributed by atoms with Gasteiger partial charge in [-0.25, -0.2) is 0 Å². The van der Waals surface area contributed by atoms with Crippen LogP contribution in [0.5, 0.6) is 0 Å². The highest BCUT2D eigenvalue weighted by Crippen LogP contribution is 2.51. The minimum absolute atomic E-state index is 0.0314. The van der Waals surface area contributed by atoms with E-state index in [4.69, 9.17) is 0 Å². The predicted molar refractivity (Wildman–Crippen MR) is 237 cm³/mol. The van der Waals surface area contributed by atoms with Crippen LogP contribution in [0.25, 0.3) is 82.1 Å². The number of rotatable bonds is 4. The number of anilines is 1. The van der Waals surface area contributed by atoms with Gasteiger partial charge in [0, 0.05) is 104 Å². The molecule has 2 aliphatic rings. The first-order valence-corrected chi connectivity index (χ1v) is 20.1. The largest absolute Gasteiger partial charge is 0.346 e. The fourth-order valence-electron chi connectivity index (χ4n) is 10.5. The van der Waals surface area contributed by atoms with Gasteiger partial charge in [-0.2, -0.15) is 0 Å². The van der Waals surface area contributed by atoms with Gasteiger partial charge in [-0.05, 0) is 92.9 Å². The van der Waals surface area contributed by atoms with Gasteiger partial charge in [-0.3, -0.25) is 9.59 Å².